The molecule has 2 amide bonds. The van der Waals surface area contributed by atoms with Crippen LogP contribution in [0.3, 0.4) is 0 Å². The van der Waals surface area contributed by atoms with Crippen LogP contribution in [0.4, 0.5) is 11.6 Å². The van der Waals surface area contributed by atoms with Gasteiger partial charge in [-0.15, -0.1) is 0 Å². The van der Waals surface area contributed by atoms with E-state index >= 15 is 0 Å². The van der Waals surface area contributed by atoms with Crippen LogP contribution >= 0.6 is 0 Å². The van der Waals surface area contributed by atoms with Gasteiger partial charge in [0.1, 0.15) is 37.8 Å². The zero-order chi connectivity index (χ0) is 34.1. The predicted molar refractivity (Wildman–Crippen MR) is 176 cm³/mol. The predicted octanol–water partition coefficient (Wildman–Crippen LogP) is 1.19. The first-order valence-electron chi connectivity index (χ1n) is 14.4. The first-order chi connectivity index (χ1) is 23.3. The second kappa shape index (κ2) is 17.8. The summed E-state index contributed by atoms with van der Waals surface area (Å²) < 4.78 is 9.16. The van der Waals surface area contributed by atoms with E-state index in [0.717, 1.165) is 5.56 Å². The van der Waals surface area contributed by atoms with Gasteiger partial charge in [0.15, 0.2) is 5.82 Å². The van der Waals surface area contributed by atoms with Gasteiger partial charge in [0.05, 0.1) is 38.0 Å². The lowest BCUT2D eigenvalue weighted by Gasteiger charge is -2.17. The maximum Gasteiger partial charge on any atom is 0.325 e. The Morgan fingerprint density at radius 3 is 1.56 bits per heavy atom. The Balaban J connectivity index is 1.65. The number of benzene rings is 1. The number of esters is 2. The van der Waals surface area contributed by atoms with Crippen LogP contribution in [-0.4, -0.2) is 96.5 Å². The lowest BCUT2D eigenvalue weighted by atomic mass is 10.2. The van der Waals surface area contributed by atoms with Crippen molar-refractivity contribution in [2.24, 2.45) is 10.2 Å². The van der Waals surface area contributed by atoms with Crippen molar-refractivity contribution >= 4 is 47.8 Å². The molecule has 2 N–H and O–H groups in total. The summed E-state index contributed by atoms with van der Waals surface area (Å²) in [6.07, 6.45) is 5.98. The van der Waals surface area contributed by atoms with Gasteiger partial charge in [0.25, 0.3) is 0 Å². The molecule has 0 unspecified atom stereocenters. The van der Waals surface area contributed by atoms with Gasteiger partial charge in [-0.3, -0.25) is 19.2 Å². The number of carbonyl (C=O) groups is 4. The molecule has 16 nitrogen and oxygen atoms in total. The summed E-state index contributed by atoms with van der Waals surface area (Å²) in [5.74, 6) is -1.06. The van der Waals surface area contributed by atoms with Crippen LogP contribution in [0.15, 0.2) is 95.4 Å². The summed E-state index contributed by atoms with van der Waals surface area (Å²) in [5.41, 5.74) is 1.44. The standard InChI is InChI=1S/C32H32N10O6/c1-47-30(45)19-35-28(43)21-41(26-12-6-8-14-33-26)37-17-24-16-25(40-32(39-24)23-10-4-3-5-11-23)18-38-42(27-13-7-9-15-34-27)22-29(44)36-20-31(46)48-2/h3-18H,19-22H2,1-2H3,(H,35,43)(H,36,44)/b37-17+,38-18+. The van der Waals surface area contributed by atoms with E-state index in [0.29, 0.717) is 28.8 Å². The average Bonchev–Trinajstić information content (AvgIpc) is 3.13. The van der Waals surface area contributed by atoms with Gasteiger partial charge in [-0.05, 0) is 30.3 Å². The fourth-order valence-corrected chi connectivity index (χ4v) is 3.84. The molecule has 0 fully saturated rings. The van der Waals surface area contributed by atoms with E-state index in [1.807, 2.05) is 30.3 Å². The van der Waals surface area contributed by atoms with Crippen LogP contribution in [0.25, 0.3) is 11.4 Å². The molecule has 3 aromatic heterocycles. The van der Waals surface area contributed by atoms with Crippen molar-refractivity contribution in [2.75, 3.05) is 50.4 Å². The maximum absolute atomic E-state index is 12.6. The minimum atomic E-state index is -0.594. The summed E-state index contributed by atoms with van der Waals surface area (Å²) in [6, 6.07) is 21.1. The zero-order valence-electron chi connectivity index (χ0n) is 26.1. The van der Waals surface area contributed by atoms with Crippen molar-refractivity contribution in [3.8, 4) is 11.4 Å². The van der Waals surface area contributed by atoms with Crippen LogP contribution in [0.5, 0.6) is 0 Å². The molecule has 0 spiro atoms. The van der Waals surface area contributed by atoms with Crippen molar-refractivity contribution in [1.82, 2.24) is 30.6 Å². The monoisotopic (exact) mass is 652 g/mol. The van der Waals surface area contributed by atoms with Crippen molar-refractivity contribution in [3.05, 3.63) is 96.6 Å². The molecular weight excluding hydrogens is 620 g/mol. The van der Waals surface area contributed by atoms with Crippen molar-refractivity contribution in [2.45, 2.75) is 0 Å². The van der Waals surface area contributed by atoms with Gasteiger partial charge < -0.3 is 20.1 Å². The average molecular weight is 653 g/mol. The summed E-state index contributed by atoms with van der Waals surface area (Å²) in [6.45, 7) is -1.11. The van der Waals surface area contributed by atoms with E-state index in [2.05, 4.69) is 50.2 Å². The highest BCUT2D eigenvalue weighted by molar-refractivity contribution is 5.88. The molecule has 0 aliphatic carbocycles. The number of aromatic nitrogens is 4. The third-order valence-electron chi connectivity index (χ3n) is 6.19. The fraction of sp³-hybridized carbons (Fsp3) is 0.188. The number of hydrazone groups is 2. The Bertz CT molecular complexity index is 1630. The number of methoxy groups -OCH3 is 2. The number of anilines is 2. The molecule has 0 saturated heterocycles. The van der Waals surface area contributed by atoms with E-state index in [9.17, 15) is 19.2 Å². The van der Waals surface area contributed by atoms with Crippen LogP contribution in [-0.2, 0) is 28.7 Å². The number of hydrogen-bond acceptors (Lipinski definition) is 14. The molecule has 48 heavy (non-hydrogen) atoms. The minimum absolute atomic E-state index is 0.257. The van der Waals surface area contributed by atoms with Gasteiger partial charge in [-0.25, -0.2) is 30.0 Å². The SMILES string of the molecule is COC(=O)CNC(=O)CN(/N=C/c1cc(/C=N/N(CC(=O)NCC(=O)OC)c2ccccn2)nc(-c2ccccc2)n1)c1ccccn1. The molecule has 246 valence electrons. The smallest absolute Gasteiger partial charge is 0.325 e. The fourth-order valence-electron chi connectivity index (χ4n) is 3.84. The number of hydrogen-bond donors (Lipinski definition) is 2. The number of nitrogens with zero attached hydrogens (tertiary/aromatic N) is 8. The van der Waals surface area contributed by atoms with Gasteiger partial charge in [-0.2, -0.15) is 10.2 Å². The van der Waals surface area contributed by atoms with Crippen molar-refractivity contribution in [3.63, 3.8) is 0 Å². The highest BCUT2D eigenvalue weighted by Gasteiger charge is 2.15. The van der Waals surface area contributed by atoms with E-state index in [1.165, 1.54) is 36.7 Å². The molecule has 0 saturated carbocycles. The topological polar surface area (TPSA) is 194 Å². The van der Waals surface area contributed by atoms with Crippen molar-refractivity contribution < 1.29 is 28.7 Å². The highest BCUT2D eigenvalue weighted by atomic mass is 16.5. The Hall–Kier alpha value is -6.58. The number of amides is 2. The number of carbonyl (C=O) groups excluding carboxylic acids is 4. The molecule has 4 aromatic rings. The van der Waals surface area contributed by atoms with Crippen LogP contribution in [0.2, 0.25) is 0 Å². The Labute approximate surface area is 275 Å². The first-order valence-corrected chi connectivity index (χ1v) is 14.4. The molecule has 1 aromatic carbocycles. The lowest BCUT2D eigenvalue weighted by Crippen LogP contribution is -2.38. The van der Waals surface area contributed by atoms with E-state index in [-0.39, 0.29) is 26.2 Å². The molecule has 0 aliphatic rings. The molecule has 3 heterocycles. The normalized spacial score (nSPS) is 10.8. The third kappa shape index (κ3) is 10.8. The Kier molecular flexibility index (Phi) is 12.7. The molecule has 0 atom stereocenters. The quantitative estimate of drug-likeness (QED) is 0.106. The number of ether oxygens (including phenoxy) is 2. The highest BCUT2D eigenvalue weighted by Crippen LogP contribution is 2.16. The Morgan fingerprint density at radius 2 is 1.15 bits per heavy atom. The van der Waals surface area contributed by atoms with Crippen LogP contribution < -0.4 is 20.7 Å². The lowest BCUT2D eigenvalue weighted by molar-refractivity contribution is -0.141. The largest absolute Gasteiger partial charge is 0.468 e. The Morgan fingerprint density at radius 1 is 0.688 bits per heavy atom. The minimum Gasteiger partial charge on any atom is -0.468 e. The van der Waals surface area contributed by atoms with Crippen LogP contribution in [0.1, 0.15) is 11.4 Å². The third-order valence-corrected chi connectivity index (χ3v) is 6.19. The number of rotatable bonds is 15. The second-order valence-corrected chi connectivity index (χ2v) is 9.59. The molecule has 4 rings (SSSR count). The van der Waals surface area contributed by atoms with E-state index in [1.54, 1.807) is 54.9 Å². The zero-order valence-corrected chi connectivity index (χ0v) is 26.1. The molecule has 16 heteroatoms. The summed E-state index contributed by atoms with van der Waals surface area (Å²) in [7, 11) is 2.45. The first kappa shape index (κ1) is 34.3. The van der Waals surface area contributed by atoms with E-state index in [4.69, 9.17) is 0 Å². The van der Waals surface area contributed by atoms with Gasteiger partial charge in [-0.1, -0.05) is 42.5 Å². The van der Waals surface area contributed by atoms with Gasteiger partial charge >= 0.3 is 11.9 Å². The second-order valence-electron chi connectivity index (χ2n) is 9.59. The maximum atomic E-state index is 12.6. The summed E-state index contributed by atoms with van der Waals surface area (Å²) in [5, 5.41) is 16.6. The van der Waals surface area contributed by atoms with Gasteiger partial charge in [0, 0.05) is 18.0 Å². The molecular formula is C32H32N10O6. The molecule has 0 aliphatic heterocycles. The summed E-state index contributed by atoms with van der Waals surface area (Å²) >= 11 is 0. The summed E-state index contributed by atoms with van der Waals surface area (Å²) in [4.78, 5) is 66.1. The number of pyridine rings is 2. The molecule has 0 radical (unpaired) electrons. The van der Waals surface area contributed by atoms with E-state index < -0.39 is 23.8 Å². The van der Waals surface area contributed by atoms with Crippen LogP contribution in [0, 0.1) is 0 Å². The molecule has 0 bridgehead atoms. The number of nitrogens with one attached hydrogen (secondary N) is 2. The van der Waals surface area contributed by atoms with Gasteiger partial charge in [0.2, 0.25) is 11.8 Å². The van der Waals surface area contributed by atoms with Crippen molar-refractivity contribution in [1.29, 1.82) is 0 Å².